The van der Waals surface area contributed by atoms with Gasteiger partial charge in [0.15, 0.2) is 0 Å². The summed E-state index contributed by atoms with van der Waals surface area (Å²) in [6.45, 7) is 0.478. The van der Waals surface area contributed by atoms with Crippen LogP contribution in [0.4, 0.5) is 0 Å². The van der Waals surface area contributed by atoms with Gasteiger partial charge in [0.25, 0.3) is 0 Å². The van der Waals surface area contributed by atoms with Crippen LogP contribution in [0.15, 0.2) is 35.2 Å². The summed E-state index contributed by atoms with van der Waals surface area (Å²) in [4.78, 5) is 10.6. The van der Waals surface area contributed by atoms with Gasteiger partial charge < -0.3 is 10.2 Å². The molecule has 1 atom stereocenters. The van der Waals surface area contributed by atoms with E-state index in [-0.39, 0.29) is 11.4 Å². The van der Waals surface area contributed by atoms with Gasteiger partial charge in [0, 0.05) is 19.2 Å². The lowest BCUT2D eigenvalue weighted by molar-refractivity contribution is -0.131. The molecular formula is C14H17NO5S. The zero-order valence-corrected chi connectivity index (χ0v) is 12.2. The van der Waals surface area contributed by atoms with Gasteiger partial charge in [0.05, 0.1) is 11.0 Å². The van der Waals surface area contributed by atoms with Crippen LogP contribution in [0, 0.1) is 0 Å². The third-order valence-corrected chi connectivity index (χ3v) is 5.13. The van der Waals surface area contributed by atoms with E-state index in [9.17, 15) is 18.3 Å². The van der Waals surface area contributed by atoms with Gasteiger partial charge in [0.1, 0.15) is 0 Å². The maximum Gasteiger partial charge on any atom is 0.328 e. The van der Waals surface area contributed by atoms with E-state index in [0.717, 1.165) is 6.08 Å². The number of aliphatic carboxylic acids is 1. The van der Waals surface area contributed by atoms with Crippen molar-refractivity contribution >= 4 is 22.1 Å². The molecule has 6 nitrogen and oxygen atoms in total. The fourth-order valence-corrected chi connectivity index (χ4v) is 3.81. The molecule has 0 spiro atoms. The lowest BCUT2D eigenvalue weighted by Gasteiger charge is -2.29. The summed E-state index contributed by atoms with van der Waals surface area (Å²) in [6.07, 6.45) is 2.89. The Labute approximate surface area is 123 Å². The van der Waals surface area contributed by atoms with Crippen molar-refractivity contribution in [3.05, 3.63) is 35.9 Å². The number of carbonyl (C=O) groups is 1. The lowest BCUT2D eigenvalue weighted by Crippen LogP contribution is -2.42. The van der Waals surface area contributed by atoms with Crippen LogP contribution in [-0.4, -0.2) is 48.1 Å². The fraction of sp³-hybridized carbons (Fsp3) is 0.357. The van der Waals surface area contributed by atoms with Crippen molar-refractivity contribution in [3.8, 4) is 0 Å². The van der Waals surface area contributed by atoms with Crippen LogP contribution < -0.4 is 0 Å². The molecule has 1 aliphatic rings. The van der Waals surface area contributed by atoms with Gasteiger partial charge in [-0.05, 0) is 36.6 Å². The molecule has 0 saturated carbocycles. The van der Waals surface area contributed by atoms with E-state index in [1.807, 2.05) is 0 Å². The summed E-state index contributed by atoms with van der Waals surface area (Å²) >= 11 is 0. The number of β-amino-alcohol motifs (C(OH)–C–C–N with tert-alkyl or cyclic N) is 1. The molecule has 1 aromatic carbocycles. The van der Waals surface area contributed by atoms with Crippen molar-refractivity contribution < 1.29 is 23.4 Å². The number of sulfonamides is 1. The Kier molecular flexibility index (Phi) is 4.76. The van der Waals surface area contributed by atoms with Crippen LogP contribution in [0.5, 0.6) is 0 Å². The monoisotopic (exact) mass is 311 g/mol. The summed E-state index contributed by atoms with van der Waals surface area (Å²) in [5, 5.41) is 18.2. The number of benzene rings is 1. The first-order chi connectivity index (χ1) is 9.89. The zero-order valence-electron chi connectivity index (χ0n) is 11.3. The molecule has 0 amide bonds. The van der Waals surface area contributed by atoms with Crippen LogP contribution in [-0.2, 0) is 14.8 Å². The Bertz CT molecular complexity index is 653. The second-order valence-electron chi connectivity index (χ2n) is 4.90. The Hall–Kier alpha value is -1.70. The van der Waals surface area contributed by atoms with Gasteiger partial charge in [-0.2, -0.15) is 4.31 Å². The van der Waals surface area contributed by atoms with Crippen molar-refractivity contribution in [2.45, 2.75) is 23.8 Å². The van der Waals surface area contributed by atoms with E-state index < -0.39 is 22.1 Å². The van der Waals surface area contributed by atoms with Crippen LogP contribution in [0.25, 0.3) is 6.08 Å². The molecule has 21 heavy (non-hydrogen) atoms. The SMILES string of the molecule is O=C(O)C=Cc1cccc(S(=O)(=O)N2CCCC(O)C2)c1. The van der Waals surface area contributed by atoms with Crippen LogP contribution in [0.1, 0.15) is 18.4 Å². The minimum atomic E-state index is -3.66. The van der Waals surface area contributed by atoms with Gasteiger partial charge >= 0.3 is 5.97 Å². The van der Waals surface area contributed by atoms with Crippen molar-refractivity contribution in [1.82, 2.24) is 4.31 Å². The smallest absolute Gasteiger partial charge is 0.328 e. The molecule has 1 heterocycles. The van der Waals surface area contributed by atoms with Gasteiger partial charge in [-0.1, -0.05) is 12.1 Å². The molecule has 0 bridgehead atoms. The molecule has 1 fully saturated rings. The number of aliphatic hydroxyl groups excluding tert-OH is 1. The number of carboxylic acid groups (broad SMARTS) is 1. The third kappa shape index (κ3) is 3.90. The van der Waals surface area contributed by atoms with Crippen molar-refractivity contribution in [1.29, 1.82) is 0 Å². The number of carboxylic acids is 1. The first-order valence-corrected chi connectivity index (χ1v) is 8.03. The highest BCUT2D eigenvalue weighted by atomic mass is 32.2. The molecule has 2 rings (SSSR count). The Morgan fingerprint density at radius 2 is 2.14 bits per heavy atom. The first kappa shape index (κ1) is 15.7. The molecule has 1 unspecified atom stereocenters. The Balaban J connectivity index is 2.27. The summed E-state index contributed by atoms with van der Waals surface area (Å²) in [5.74, 6) is -1.09. The number of aliphatic hydroxyl groups is 1. The predicted octanol–water partition coefficient (Wildman–Crippen LogP) is 0.930. The van der Waals surface area contributed by atoms with Crippen molar-refractivity contribution in [2.24, 2.45) is 0 Å². The number of piperidine rings is 1. The normalized spacial score (nSPS) is 20.7. The molecule has 0 aromatic heterocycles. The number of rotatable bonds is 4. The summed E-state index contributed by atoms with van der Waals surface area (Å²) in [5.41, 5.74) is 0.496. The van der Waals surface area contributed by atoms with Crippen LogP contribution >= 0.6 is 0 Å². The van der Waals surface area contributed by atoms with E-state index in [1.165, 1.54) is 22.5 Å². The average Bonchev–Trinajstić information content (AvgIpc) is 2.45. The molecule has 114 valence electrons. The molecule has 0 radical (unpaired) electrons. The summed E-state index contributed by atoms with van der Waals surface area (Å²) < 4.78 is 26.3. The van der Waals surface area contributed by atoms with E-state index in [2.05, 4.69) is 0 Å². The lowest BCUT2D eigenvalue weighted by atomic mass is 10.1. The molecular weight excluding hydrogens is 294 g/mol. The minimum Gasteiger partial charge on any atom is -0.478 e. The Morgan fingerprint density at radius 3 is 2.81 bits per heavy atom. The average molecular weight is 311 g/mol. The predicted molar refractivity (Wildman–Crippen MR) is 77.1 cm³/mol. The summed E-state index contributed by atoms with van der Waals surface area (Å²) in [6, 6.07) is 6.09. The molecule has 0 aliphatic carbocycles. The minimum absolute atomic E-state index is 0.0948. The Morgan fingerprint density at radius 1 is 1.38 bits per heavy atom. The molecule has 1 aromatic rings. The van der Waals surface area contributed by atoms with Crippen LogP contribution in [0.3, 0.4) is 0 Å². The van der Waals surface area contributed by atoms with Gasteiger partial charge in [0.2, 0.25) is 10.0 Å². The van der Waals surface area contributed by atoms with Crippen LogP contribution in [0.2, 0.25) is 0 Å². The van der Waals surface area contributed by atoms with E-state index in [1.54, 1.807) is 12.1 Å². The molecule has 1 saturated heterocycles. The zero-order chi connectivity index (χ0) is 15.5. The molecule has 7 heteroatoms. The topological polar surface area (TPSA) is 94.9 Å². The highest BCUT2D eigenvalue weighted by molar-refractivity contribution is 7.89. The third-order valence-electron chi connectivity index (χ3n) is 3.27. The highest BCUT2D eigenvalue weighted by Gasteiger charge is 2.29. The van der Waals surface area contributed by atoms with E-state index >= 15 is 0 Å². The van der Waals surface area contributed by atoms with Gasteiger partial charge in [-0.15, -0.1) is 0 Å². The van der Waals surface area contributed by atoms with Gasteiger partial charge in [-0.25, -0.2) is 13.2 Å². The fourth-order valence-electron chi connectivity index (χ4n) is 2.23. The largest absolute Gasteiger partial charge is 0.478 e. The highest BCUT2D eigenvalue weighted by Crippen LogP contribution is 2.21. The first-order valence-electron chi connectivity index (χ1n) is 6.59. The number of nitrogens with zero attached hydrogens (tertiary/aromatic N) is 1. The second-order valence-corrected chi connectivity index (χ2v) is 6.84. The van der Waals surface area contributed by atoms with E-state index in [0.29, 0.717) is 24.9 Å². The maximum atomic E-state index is 12.5. The molecule has 1 aliphatic heterocycles. The van der Waals surface area contributed by atoms with Crippen molar-refractivity contribution in [2.75, 3.05) is 13.1 Å². The summed E-state index contributed by atoms with van der Waals surface area (Å²) in [7, 11) is -3.66. The molecule has 2 N–H and O–H groups in total. The maximum absolute atomic E-state index is 12.5. The van der Waals surface area contributed by atoms with E-state index in [4.69, 9.17) is 5.11 Å². The number of hydrogen-bond donors (Lipinski definition) is 2. The second kappa shape index (κ2) is 6.38. The van der Waals surface area contributed by atoms with Gasteiger partial charge in [-0.3, -0.25) is 0 Å². The number of hydrogen-bond acceptors (Lipinski definition) is 4. The van der Waals surface area contributed by atoms with Crippen molar-refractivity contribution in [3.63, 3.8) is 0 Å². The quantitative estimate of drug-likeness (QED) is 0.807. The standard InChI is InChI=1S/C14H17NO5S/c16-12-4-2-8-15(10-12)21(19,20)13-5-1-3-11(9-13)6-7-14(17)18/h1,3,5-7,9,12,16H,2,4,8,10H2,(H,17,18).